The topological polar surface area (TPSA) is 17.1 Å². The van der Waals surface area contributed by atoms with Crippen LogP contribution in [0.5, 0.6) is 0 Å². The zero-order chi connectivity index (χ0) is 9.14. The van der Waals surface area contributed by atoms with Crippen LogP contribution in [-0.2, 0) is 11.2 Å². The van der Waals surface area contributed by atoms with E-state index in [-0.39, 0.29) is 5.78 Å². The summed E-state index contributed by atoms with van der Waals surface area (Å²) in [7, 11) is 0. The normalized spacial score (nSPS) is 9.92. The van der Waals surface area contributed by atoms with Crippen LogP contribution in [0.15, 0.2) is 18.2 Å². The molecule has 0 bridgehead atoms. The Balaban J connectivity index is 2.93. The number of halogens is 1. The van der Waals surface area contributed by atoms with Crippen molar-refractivity contribution in [3.05, 3.63) is 32.9 Å². The van der Waals surface area contributed by atoms with Gasteiger partial charge in [-0.3, -0.25) is 4.79 Å². The van der Waals surface area contributed by atoms with Gasteiger partial charge in [-0.15, -0.1) is 0 Å². The van der Waals surface area contributed by atoms with E-state index in [2.05, 4.69) is 35.6 Å². The number of hydrogen-bond acceptors (Lipinski definition) is 1. The summed E-state index contributed by atoms with van der Waals surface area (Å²) in [6, 6.07) is 6.16. The third-order valence-electron chi connectivity index (χ3n) is 1.65. The highest BCUT2D eigenvalue weighted by Gasteiger charge is 2.01. The number of hydrogen-bond donors (Lipinski definition) is 0. The molecular formula is C10H11IO. The molecule has 1 aromatic carbocycles. The van der Waals surface area contributed by atoms with Gasteiger partial charge in [0, 0.05) is 9.99 Å². The van der Waals surface area contributed by atoms with Crippen molar-refractivity contribution in [1.29, 1.82) is 0 Å². The zero-order valence-corrected chi connectivity index (χ0v) is 9.38. The van der Waals surface area contributed by atoms with E-state index in [1.165, 1.54) is 9.13 Å². The van der Waals surface area contributed by atoms with Gasteiger partial charge in [-0.1, -0.05) is 17.7 Å². The van der Waals surface area contributed by atoms with Crippen molar-refractivity contribution < 1.29 is 4.79 Å². The molecule has 0 spiro atoms. The van der Waals surface area contributed by atoms with Gasteiger partial charge in [0.1, 0.15) is 5.78 Å². The van der Waals surface area contributed by atoms with Crippen molar-refractivity contribution in [1.82, 2.24) is 0 Å². The lowest BCUT2D eigenvalue weighted by Crippen LogP contribution is -1.98. The molecule has 2 heteroatoms. The molecule has 1 rings (SSSR count). The van der Waals surface area contributed by atoms with Crippen LogP contribution in [0.25, 0.3) is 0 Å². The van der Waals surface area contributed by atoms with Crippen LogP contribution in [0.3, 0.4) is 0 Å². The van der Waals surface area contributed by atoms with Crippen molar-refractivity contribution >= 4 is 28.4 Å². The van der Waals surface area contributed by atoms with Crippen LogP contribution in [0.1, 0.15) is 18.1 Å². The smallest absolute Gasteiger partial charge is 0.134 e. The second kappa shape index (κ2) is 4.03. The second-order valence-corrected chi connectivity index (χ2v) is 4.14. The van der Waals surface area contributed by atoms with Gasteiger partial charge in [-0.05, 0) is 48.1 Å². The van der Waals surface area contributed by atoms with Crippen LogP contribution in [0.2, 0.25) is 0 Å². The van der Waals surface area contributed by atoms with Crippen molar-refractivity contribution in [3.63, 3.8) is 0 Å². The highest BCUT2D eigenvalue weighted by atomic mass is 127. The molecule has 0 atom stereocenters. The monoisotopic (exact) mass is 274 g/mol. The van der Waals surface area contributed by atoms with Gasteiger partial charge in [0.15, 0.2) is 0 Å². The van der Waals surface area contributed by atoms with Gasteiger partial charge in [0.25, 0.3) is 0 Å². The summed E-state index contributed by atoms with van der Waals surface area (Å²) in [5.41, 5.74) is 2.38. The summed E-state index contributed by atoms with van der Waals surface area (Å²) in [4.78, 5) is 10.8. The molecule has 12 heavy (non-hydrogen) atoms. The highest BCUT2D eigenvalue weighted by molar-refractivity contribution is 14.1. The van der Waals surface area contributed by atoms with Crippen LogP contribution in [0.4, 0.5) is 0 Å². The largest absolute Gasteiger partial charge is 0.300 e. The molecule has 0 aliphatic carbocycles. The van der Waals surface area contributed by atoms with Crippen molar-refractivity contribution in [2.75, 3.05) is 0 Å². The zero-order valence-electron chi connectivity index (χ0n) is 7.23. The van der Waals surface area contributed by atoms with Gasteiger partial charge in [-0.2, -0.15) is 0 Å². The van der Waals surface area contributed by atoms with Crippen LogP contribution < -0.4 is 0 Å². The summed E-state index contributed by atoms with van der Waals surface area (Å²) in [5.74, 6) is 0.219. The third kappa shape index (κ3) is 2.59. The third-order valence-corrected chi connectivity index (χ3v) is 2.65. The molecule has 0 N–H and O–H groups in total. The van der Waals surface area contributed by atoms with E-state index in [1.54, 1.807) is 6.92 Å². The number of ketones is 1. The maximum atomic E-state index is 10.8. The lowest BCUT2D eigenvalue weighted by molar-refractivity contribution is -0.116. The van der Waals surface area contributed by atoms with E-state index < -0.39 is 0 Å². The maximum Gasteiger partial charge on any atom is 0.134 e. The summed E-state index contributed by atoms with van der Waals surface area (Å²) >= 11 is 2.27. The molecule has 0 aliphatic rings. The summed E-state index contributed by atoms with van der Waals surface area (Å²) in [6.07, 6.45) is 0.554. The van der Waals surface area contributed by atoms with Crippen molar-refractivity contribution in [2.24, 2.45) is 0 Å². The second-order valence-electron chi connectivity index (χ2n) is 2.97. The molecule has 0 saturated carbocycles. The minimum atomic E-state index is 0.219. The van der Waals surface area contributed by atoms with Crippen LogP contribution in [-0.4, -0.2) is 5.78 Å². The number of benzene rings is 1. The Morgan fingerprint density at radius 1 is 1.50 bits per heavy atom. The number of Topliss-reactive ketones (excluding diaryl/α,β-unsaturated/α-hetero) is 1. The molecule has 0 fully saturated rings. The number of rotatable bonds is 2. The van der Waals surface area contributed by atoms with Crippen molar-refractivity contribution in [2.45, 2.75) is 20.3 Å². The minimum Gasteiger partial charge on any atom is -0.300 e. The van der Waals surface area contributed by atoms with E-state index in [9.17, 15) is 4.79 Å². The molecule has 0 amide bonds. The van der Waals surface area contributed by atoms with Gasteiger partial charge >= 0.3 is 0 Å². The Bertz CT molecular complexity index is 305. The predicted molar refractivity (Wildman–Crippen MR) is 58.3 cm³/mol. The predicted octanol–water partition coefficient (Wildman–Crippen LogP) is 2.73. The van der Waals surface area contributed by atoms with Gasteiger partial charge in [0.2, 0.25) is 0 Å². The molecule has 0 saturated heterocycles. The first-order valence-corrected chi connectivity index (χ1v) is 4.92. The number of carbonyl (C=O) groups excluding carboxylic acids is 1. The Morgan fingerprint density at radius 2 is 2.17 bits per heavy atom. The quantitative estimate of drug-likeness (QED) is 0.758. The van der Waals surface area contributed by atoms with Gasteiger partial charge < -0.3 is 0 Å². The lowest BCUT2D eigenvalue weighted by Gasteiger charge is -2.02. The fraction of sp³-hybridized carbons (Fsp3) is 0.300. The standard InChI is InChI=1S/C10H11IO/c1-7-3-4-9(6-8(2)12)10(11)5-7/h3-5H,6H2,1-2H3. The van der Waals surface area contributed by atoms with Gasteiger partial charge in [-0.25, -0.2) is 0 Å². The first kappa shape index (κ1) is 9.71. The Labute approximate surface area is 86.3 Å². The summed E-state index contributed by atoms with van der Waals surface area (Å²) in [5, 5.41) is 0. The number of aryl methyl sites for hydroxylation is 1. The molecule has 1 aromatic rings. The lowest BCUT2D eigenvalue weighted by atomic mass is 10.1. The fourth-order valence-electron chi connectivity index (χ4n) is 1.06. The Hall–Kier alpha value is -0.380. The molecule has 0 unspecified atom stereocenters. The maximum absolute atomic E-state index is 10.8. The van der Waals surface area contributed by atoms with E-state index >= 15 is 0 Å². The van der Waals surface area contributed by atoms with Crippen LogP contribution in [0, 0.1) is 10.5 Å². The molecule has 0 radical (unpaired) electrons. The molecule has 64 valence electrons. The van der Waals surface area contributed by atoms with Crippen LogP contribution >= 0.6 is 22.6 Å². The minimum absolute atomic E-state index is 0.219. The molecule has 1 nitrogen and oxygen atoms in total. The molecule has 0 aromatic heterocycles. The van der Waals surface area contributed by atoms with E-state index in [1.807, 2.05) is 12.1 Å². The van der Waals surface area contributed by atoms with E-state index in [4.69, 9.17) is 0 Å². The summed E-state index contributed by atoms with van der Waals surface area (Å²) < 4.78 is 1.18. The Morgan fingerprint density at radius 3 is 2.67 bits per heavy atom. The fourth-order valence-corrected chi connectivity index (χ4v) is 1.93. The van der Waals surface area contributed by atoms with Gasteiger partial charge in [0.05, 0.1) is 0 Å². The van der Waals surface area contributed by atoms with E-state index in [0.717, 1.165) is 5.56 Å². The first-order chi connectivity index (χ1) is 5.59. The van der Waals surface area contributed by atoms with Crippen molar-refractivity contribution in [3.8, 4) is 0 Å². The first-order valence-electron chi connectivity index (χ1n) is 3.84. The number of carbonyl (C=O) groups is 1. The highest BCUT2D eigenvalue weighted by Crippen LogP contribution is 2.14. The molecular weight excluding hydrogens is 263 g/mol. The summed E-state index contributed by atoms with van der Waals surface area (Å²) in [6.45, 7) is 3.68. The average molecular weight is 274 g/mol. The average Bonchev–Trinajstić information content (AvgIpc) is 1.94. The molecule has 0 aliphatic heterocycles. The molecule has 0 heterocycles. The Kier molecular flexibility index (Phi) is 3.26. The SMILES string of the molecule is CC(=O)Cc1ccc(C)cc1I. The van der Waals surface area contributed by atoms with E-state index in [0.29, 0.717) is 6.42 Å².